The molecule has 3 rings (SSSR count). The second kappa shape index (κ2) is 14.4. The highest BCUT2D eigenvalue weighted by Crippen LogP contribution is 2.27. The Morgan fingerprint density at radius 1 is 1.12 bits per heavy atom. The molecule has 2 atom stereocenters. The number of nitrogens with zero attached hydrogens (tertiary/aromatic N) is 2. The van der Waals surface area contributed by atoms with E-state index in [1.54, 1.807) is 24.3 Å². The van der Waals surface area contributed by atoms with Crippen LogP contribution in [-0.2, 0) is 30.8 Å². The Kier molecular flexibility index (Phi) is 10.9. The Balaban J connectivity index is 1.58. The second-order valence-electron chi connectivity index (χ2n) is 9.67. The van der Waals surface area contributed by atoms with Crippen molar-refractivity contribution in [1.82, 2.24) is 14.9 Å². The topological polar surface area (TPSA) is 238 Å². The van der Waals surface area contributed by atoms with Crippen LogP contribution >= 0.6 is 0 Å². The fourth-order valence-corrected chi connectivity index (χ4v) is 6.11. The zero-order valence-corrected chi connectivity index (χ0v) is 23.4. The number of carboxylic acids is 1. The third-order valence-corrected chi connectivity index (χ3v) is 8.52. The molecule has 0 radical (unpaired) electrons. The van der Waals surface area contributed by atoms with Crippen molar-refractivity contribution < 1.29 is 32.8 Å². The minimum Gasteiger partial charge on any atom is -0.480 e. The number of guanidine groups is 1. The minimum atomic E-state index is -4.17. The third kappa shape index (κ3) is 8.71. The van der Waals surface area contributed by atoms with Crippen LogP contribution in [0.15, 0.2) is 53.4 Å². The molecule has 2 aromatic carbocycles. The van der Waals surface area contributed by atoms with Crippen molar-refractivity contribution in [2.45, 2.75) is 55.5 Å². The van der Waals surface area contributed by atoms with Gasteiger partial charge in [-0.15, -0.1) is 0 Å². The molecule has 0 unspecified atom stereocenters. The molecule has 1 heterocycles. The smallest absolute Gasteiger partial charge is 0.326 e. The number of nitro groups is 1. The summed E-state index contributed by atoms with van der Waals surface area (Å²) in [5, 5.41) is 35.6. The molecule has 15 nitrogen and oxygen atoms in total. The zero-order valence-electron chi connectivity index (χ0n) is 22.6. The Bertz CT molecular complexity index is 1420. The molecule has 2 aromatic rings. The highest BCUT2D eigenvalue weighted by molar-refractivity contribution is 7.89. The van der Waals surface area contributed by atoms with Crippen molar-refractivity contribution in [3.63, 3.8) is 0 Å². The Hall–Kier alpha value is -4.57. The number of carbonyl (C=O) groups excluding carboxylic acids is 2. The first-order valence-corrected chi connectivity index (χ1v) is 14.6. The minimum absolute atomic E-state index is 0.0393. The molecular formula is C26H33N7O8S. The van der Waals surface area contributed by atoms with Gasteiger partial charge in [-0.2, -0.15) is 4.31 Å². The second-order valence-corrected chi connectivity index (χ2v) is 11.6. The van der Waals surface area contributed by atoms with Crippen LogP contribution in [0, 0.1) is 15.5 Å². The molecule has 1 aliphatic rings. The lowest BCUT2D eigenvalue weighted by atomic mass is 10.0. The number of nitrogens with one attached hydrogen (secondary N) is 4. The van der Waals surface area contributed by atoms with Gasteiger partial charge in [-0.05, 0) is 55.5 Å². The number of carbonyl (C=O) groups is 3. The van der Waals surface area contributed by atoms with Gasteiger partial charge in [0.1, 0.15) is 12.1 Å². The molecule has 1 aliphatic heterocycles. The van der Waals surface area contributed by atoms with Crippen LogP contribution in [0.25, 0.3) is 0 Å². The SMILES string of the molecule is N=C(N)NCCCCC(=O)Nc1ccc(C[C@H](NC(=O)[C@@H]2CCCN2S(=O)(=O)c2ccc([N+](=O)[O-])cc2)C(=O)O)cc1. The van der Waals surface area contributed by atoms with E-state index in [-0.39, 0.29) is 48.3 Å². The molecular weight excluding hydrogens is 570 g/mol. The standard InChI is InChI=1S/C26H33N7O8S/c27-26(28)29-14-2-1-5-23(34)30-18-8-6-17(7-9-18)16-21(25(36)37)31-24(35)22-4-3-15-32(22)42(40,41)20-12-10-19(11-13-20)33(38)39/h6-13,21-22H,1-5,14-16H2,(H,30,34)(H,31,35)(H,36,37)(H4,27,28,29)/t21-,22-/m0/s1. The van der Waals surface area contributed by atoms with Gasteiger partial charge in [0.25, 0.3) is 5.69 Å². The lowest BCUT2D eigenvalue weighted by Gasteiger charge is -2.25. The van der Waals surface area contributed by atoms with Gasteiger partial charge in [-0.1, -0.05) is 12.1 Å². The lowest BCUT2D eigenvalue weighted by Crippen LogP contribution is -2.51. The van der Waals surface area contributed by atoms with E-state index >= 15 is 0 Å². The predicted molar refractivity (Wildman–Crippen MR) is 152 cm³/mol. The normalized spacial score (nSPS) is 15.9. The van der Waals surface area contributed by atoms with Gasteiger partial charge in [-0.3, -0.25) is 25.1 Å². The summed E-state index contributed by atoms with van der Waals surface area (Å²) in [5.74, 6) is -2.39. The molecule has 1 saturated heterocycles. The van der Waals surface area contributed by atoms with Crippen LogP contribution in [0.3, 0.4) is 0 Å². The summed E-state index contributed by atoms with van der Waals surface area (Å²) in [7, 11) is -4.17. The fourth-order valence-electron chi connectivity index (χ4n) is 4.45. The summed E-state index contributed by atoms with van der Waals surface area (Å²) in [6.45, 7) is 0.532. The van der Waals surface area contributed by atoms with E-state index in [2.05, 4.69) is 16.0 Å². The van der Waals surface area contributed by atoms with Crippen molar-refractivity contribution in [3.8, 4) is 0 Å². The summed E-state index contributed by atoms with van der Waals surface area (Å²) in [4.78, 5) is 47.2. The molecule has 0 bridgehead atoms. The van der Waals surface area contributed by atoms with E-state index in [0.717, 1.165) is 28.6 Å². The van der Waals surface area contributed by atoms with E-state index in [4.69, 9.17) is 11.1 Å². The number of benzene rings is 2. The Morgan fingerprint density at radius 3 is 2.38 bits per heavy atom. The van der Waals surface area contributed by atoms with E-state index in [1.807, 2.05) is 0 Å². The molecule has 42 heavy (non-hydrogen) atoms. The molecule has 0 saturated carbocycles. The first kappa shape index (κ1) is 32.0. The van der Waals surface area contributed by atoms with Crippen LogP contribution in [0.1, 0.15) is 37.7 Å². The largest absolute Gasteiger partial charge is 0.480 e. The number of carboxylic acid groups (broad SMARTS) is 1. The molecule has 226 valence electrons. The molecule has 0 aliphatic carbocycles. The maximum atomic E-state index is 13.2. The first-order chi connectivity index (χ1) is 19.9. The monoisotopic (exact) mass is 603 g/mol. The number of amides is 2. The number of hydrogen-bond acceptors (Lipinski definition) is 8. The van der Waals surface area contributed by atoms with Gasteiger partial charge >= 0.3 is 5.97 Å². The van der Waals surface area contributed by atoms with Crippen molar-refractivity contribution in [2.24, 2.45) is 5.73 Å². The van der Waals surface area contributed by atoms with E-state index in [9.17, 15) is 38.0 Å². The van der Waals surface area contributed by atoms with Crippen LogP contribution in [0.5, 0.6) is 0 Å². The Morgan fingerprint density at radius 2 is 1.79 bits per heavy atom. The molecule has 1 fully saturated rings. The van der Waals surface area contributed by atoms with Crippen LogP contribution < -0.4 is 21.7 Å². The molecule has 0 aromatic heterocycles. The van der Waals surface area contributed by atoms with Crippen LogP contribution in [0.4, 0.5) is 11.4 Å². The molecule has 0 spiro atoms. The highest BCUT2D eigenvalue weighted by atomic mass is 32.2. The lowest BCUT2D eigenvalue weighted by molar-refractivity contribution is -0.384. The summed E-state index contributed by atoms with van der Waals surface area (Å²) < 4.78 is 27.3. The number of rotatable bonds is 14. The highest BCUT2D eigenvalue weighted by Gasteiger charge is 2.40. The van der Waals surface area contributed by atoms with Gasteiger partial charge in [0, 0.05) is 43.8 Å². The molecule has 2 amide bonds. The fraction of sp³-hybridized carbons (Fsp3) is 0.385. The van der Waals surface area contributed by atoms with Crippen molar-refractivity contribution >= 4 is 45.1 Å². The zero-order chi connectivity index (χ0) is 30.9. The number of anilines is 1. The summed E-state index contributed by atoms with van der Waals surface area (Å²) in [6.07, 6.45) is 2.01. The van der Waals surface area contributed by atoms with Gasteiger partial charge in [-0.25, -0.2) is 13.2 Å². The number of sulfonamides is 1. The predicted octanol–water partition coefficient (Wildman–Crippen LogP) is 1.15. The number of non-ortho nitro benzene ring substituents is 1. The number of unbranched alkanes of at least 4 members (excludes halogenated alkanes) is 1. The first-order valence-electron chi connectivity index (χ1n) is 13.1. The number of nitrogens with two attached hydrogens (primary N) is 1. The maximum absolute atomic E-state index is 13.2. The van der Waals surface area contributed by atoms with Crippen LogP contribution in [0.2, 0.25) is 0 Å². The van der Waals surface area contributed by atoms with E-state index in [0.29, 0.717) is 37.1 Å². The quantitative estimate of drug-likeness (QED) is 0.0592. The van der Waals surface area contributed by atoms with Crippen molar-refractivity contribution in [1.29, 1.82) is 5.41 Å². The van der Waals surface area contributed by atoms with E-state index < -0.39 is 38.9 Å². The number of aliphatic carboxylic acids is 1. The van der Waals surface area contributed by atoms with Gasteiger partial charge in [0.2, 0.25) is 21.8 Å². The molecule has 7 N–H and O–H groups in total. The summed E-state index contributed by atoms with van der Waals surface area (Å²) in [5.41, 5.74) is 6.00. The van der Waals surface area contributed by atoms with Crippen molar-refractivity contribution in [2.75, 3.05) is 18.4 Å². The average molecular weight is 604 g/mol. The van der Waals surface area contributed by atoms with Crippen LogP contribution in [-0.4, -0.2) is 71.7 Å². The van der Waals surface area contributed by atoms with Gasteiger partial charge < -0.3 is 26.8 Å². The Labute approximate surface area is 242 Å². The molecule has 16 heteroatoms. The van der Waals surface area contributed by atoms with Gasteiger partial charge in [0.05, 0.1) is 9.82 Å². The number of hydrogen-bond donors (Lipinski definition) is 6. The van der Waals surface area contributed by atoms with Gasteiger partial charge in [0.15, 0.2) is 5.96 Å². The summed E-state index contributed by atoms with van der Waals surface area (Å²) >= 11 is 0. The van der Waals surface area contributed by atoms with E-state index in [1.165, 1.54) is 0 Å². The van der Waals surface area contributed by atoms with Crippen molar-refractivity contribution in [3.05, 3.63) is 64.2 Å². The number of nitro benzene ring substituents is 1. The summed E-state index contributed by atoms with van der Waals surface area (Å²) in [6, 6.07) is 8.31. The maximum Gasteiger partial charge on any atom is 0.326 e. The third-order valence-electron chi connectivity index (χ3n) is 6.60. The average Bonchev–Trinajstić information content (AvgIpc) is 3.45.